The van der Waals surface area contributed by atoms with Crippen molar-refractivity contribution in [3.8, 4) is 5.75 Å². The first kappa shape index (κ1) is 32.6. The Morgan fingerprint density at radius 3 is 2.23 bits per heavy atom. The number of carbonyl (C=O) groups excluding carboxylic acids is 3. The van der Waals surface area contributed by atoms with Crippen LogP contribution in [0.2, 0.25) is 5.02 Å². The quantitative estimate of drug-likeness (QED) is 0.238. The van der Waals surface area contributed by atoms with E-state index in [1.54, 1.807) is 64.9 Å². The normalized spacial score (nSPS) is 27.5. The molecule has 3 unspecified atom stereocenters. The number of nitrogens with zero attached hydrogens (tertiary/aromatic N) is 3. The SMILES string of the molecule is C=CCN(C(=O)C1N([C@H](C)CO)C(=O)[C@@H]2[C@H](C(=O)N(CC=C)c3ccc(OCC)cc3)[C@H]3SC12CC3Br)c1ccc(Cl)cc1. The highest BCUT2D eigenvalue weighted by Crippen LogP contribution is 2.68. The molecule has 3 aliphatic rings. The fourth-order valence-corrected chi connectivity index (χ4v) is 10.6. The number of aliphatic hydroxyl groups is 1. The van der Waals surface area contributed by atoms with E-state index in [-0.39, 0.29) is 47.5 Å². The Hall–Kier alpha value is -2.79. The third-order valence-electron chi connectivity index (χ3n) is 8.74. The van der Waals surface area contributed by atoms with E-state index in [2.05, 4.69) is 29.1 Å². The Bertz CT molecular complexity index is 1430. The molecule has 0 aromatic heterocycles. The fourth-order valence-electron chi connectivity index (χ4n) is 6.93. The zero-order valence-corrected chi connectivity index (χ0v) is 27.9. The molecular weight excluding hydrogens is 666 g/mol. The van der Waals surface area contributed by atoms with E-state index in [0.29, 0.717) is 35.2 Å². The van der Waals surface area contributed by atoms with Gasteiger partial charge in [0, 0.05) is 39.6 Å². The van der Waals surface area contributed by atoms with Crippen molar-refractivity contribution in [3.63, 3.8) is 0 Å². The van der Waals surface area contributed by atoms with Gasteiger partial charge in [-0.25, -0.2) is 0 Å². The van der Waals surface area contributed by atoms with Gasteiger partial charge in [0.25, 0.3) is 5.91 Å². The van der Waals surface area contributed by atoms with Crippen molar-refractivity contribution in [3.05, 3.63) is 78.9 Å². The summed E-state index contributed by atoms with van der Waals surface area (Å²) in [6.45, 7) is 12.1. The van der Waals surface area contributed by atoms with Crippen molar-refractivity contribution in [2.24, 2.45) is 11.8 Å². The first-order chi connectivity index (χ1) is 21.1. The Labute approximate surface area is 276 Å². The predicted octanol–water partition coefficient (Wildman–Crippen LogP) is 5.32. The minimum Gasteiger partial charge on any atom is -0.494 e. The van der Waals surface area contributed by atoms with Crippen molar-refractivity contribution in [2.45, 2.75) is 47.2 Å². The van der Waals surface area contributed by atoms with Crippen LogP contribution in [0.4, 0.5) is 11.4 Å². The molecule has 8 nitrogen and oxygen atoms in total. The minimum absolute atomic E-state index is 0.0977. The highest BCUT2D eigenvalue weighted by molar-refractivity contribution is 9.09. The Morgan fingerprint density at radius 1 is 1.11 bits per heavy atom. The number of likely N-dealkylation sites (tertiary alicyclic amines) is 1. The van der Waals surface area contributed by atoms with Gasteiger partial charge in [-0.1, -0.05) is 39.7 Å². The van der Waals surface area contributed by atoms with E-state index < -0.39 is 28.7 Å². The van der Waals surface area contributed by atoms with Gasteiger partial charge in [0.15, 0.2) is 0 Å². The molecule has 44 heavy (non-hydrogen) atoms. The van der Waals surface area contributed by atoms with Crippen LogP contribution >= 0.6 is 39.3 Å². The van der Waals surface area contributed by atoms with Crippen molar-refractivity contribution in [1.82, 2.24) is 4.90 Å². The number of carbonyl (C=O) groups is 3. The highest BCUT2D eigenvalue weighted by atomic mass is 79.9. The molecule has 2 aromatic rings. The van der Waals surface area contributed by atoms with Gasteiger partial charge in [-0.05, 0) is 68.8 Å². The number of alkyl halides is 1. The molecule has 3 saturated heterocycles. The Balaban J connectivity index is 1.57. The van der Waals surface area contributed by atoms with Gasteiger partial charge >= 0.3 is 0 Å². The summed E-state index contributed by atoms with van der Waals surface area (Å²) in [6, 6.07) is 12.7. The average molecular weight is 703 g/mol. The number of thioether (sulfide) groups is 1. The molecule has 0 aliphatic carbocycles. The van der Waals surface area contributed by atoms with E-state index in [9.17, 15) is 19.5 Å². The van der Waals surface area contributed by atoms with Crippen molar-refractivity contribution in [1.29, 1.82) is 0 Å². The number of rotatable bonds is 12. The van der Waals surface area contributed by atoms with Crippen LogP contribution in [0.5, 0.6) is 5.75 Å². The molecule has 5 rings (SSSR count). The molecule has 3 fully saturated rings. The molecule has 11 heteroatoms. The smallest absolute Gasteiger partial charge is 0.251 e. The molecule has 234 valence electrons. The number of fused-ring (bicyclic) bond motifs is 1. The summed E-state index contributed by atoms with van der Waals surface area (Å²) in [4.78, 5) is 48.4. The van der Waals surface area contributed by atoms with Crippen LogP contribution in [0.1, 0.15) is 20.3 Å². The summed E-state index contributed by atoms with van der Waals surface area (Å²) < 4.78 is 4.71. The lowest BCUT2D eigenvalue weighted by Crippen LogP contribution is -2.57. The lowest BCUT2D eigenvalue weighted by Gasteiger charge is -2.39. The summed E-state index contributed by atoms with van der Waals surface area (Å²) in [6.07, 6.45) is 3.83. The third-order valence-corrected chi connectivity index (χ3v) is 12.2. The maximum atomic E-state index is 14.7. The second kappa shape index (κ2) is 13.3. The van der Waals surface area contributed by atoms with Crippen LogP contribution in [0, 0.1) is 11.8 Å². The molecule has 0 radical (unpaired) electrons. The van der Waals surface area contributed by atoms with E-state index in [0.717, 1.165) is 0 Å². The number of amides is 3. The van der Waals surface area contributed by atoms with Crippen LogP contribution in [-0.2, 0) is 14.4 Å². The zero-order chi connectivity index (χ0) is 31.8. The first-order valence-electron chi connectivity index (χ1n) is 14.7. The summed E-state index contributed by atoms with van der Waals surface area (Å²) in [5.74, 6) is -1.49. The van der Waals surface area contributed by atoms with Gasteiger partial charge in [-0.3, -0.25) is 14.4 Å². The first-order valence-corrected chi connectivity index (χ1v) is 16.9. The van der Waals surface area contributed by atoms with E-state index in [1.165, 1.54) is 4.90 Å². The molecule has 1 spiro atoms. The molecule has 0 saturated carbocycles. The average Bonchev–Trinajstić information content (AvgIpc) is 3.62. The number of hydrogen-bond acceptors (Lipinski definition) is 6. The van der Waals surface area contributed by atoms with Crippen LogP contribution < -0.4 is 14.5 Å². The third kappa shape index (κ3) is 5.48. The molecule has 1 N–H and O–H groups in total. The van der Waals surface area contributed by atoms with Crippen LogP contribution in [0.3, 0.4) is 0 Å². The lowest BCUT2D eigenvalue weighted by atomic mass is 9.70. The topological polar surface area (TPSA) is 90.4 Å². The van der Waals surface area contributed by atoms with Gasteiger partial charge in [-0.2, -0.15) is 0 Å². The van der Waals surface area contributed by atoms with Crippen LogP contribution in [0.15, 0.2) is 73.8 Å². The lowest BCUT2D eigenvalue weighted by molar-refractivity contribution is -0.141. The molecule has 2 aromatic carbocycles. The van der Waals surface area contributed by atoms with Gasteiger partial charge in [0.2, 0.25) is 11.8 Å². The molecule has 2 bridgehead atoms. The monoisotopic (exact) mass is 701 g/mol. The summed E-state index contributed by atoms with van der Waals surface area (Å²) >= 11 is 11.5. The zero-order valence-electron chi connectivity index (χ0n) is 24.8. The molecule has 3 heterocycles. The molecule has 3 amide bonds. The second-order valence-corrected chi connectivity index (χ2v) is 14.5. The molecule has 3 aliphatic heterocycles. The van der Waals surface area contributed by atoms with Crippen molar-refractivity contribution < 1.29 is 24.2 Å². The number of ether oxygens (including phenoxy) is 1. The standard InChI is InChI=1S/C33H37BrClN3O5S/c1-5-16-36(23-12-14-24(15-13-23)43-7-3)30(40)26-27-31(41)38(20(4)19-39)29(33(27)18-25(34)28(26)44-33)32(42)37(17-6-2)22-10-8-21(35)9-11-22/h5-6,8-15,20,25-29,39H,1-2,7,16-19H2,3-4H3/t20-,25?,26+,27+,28+,29?,33?/m1/s1. The van der Waals surface area contributed by atoms with E-state index in [1.807, 2.05) is 31.2 Å². The second-order valence-electron chi connectivity index (χ2n) is 11.3. The number of benzene rings is 2. The number of halogens is 2. The van der Waals surface area contributed by atoms with Gasteiger partial charge < -0.3 is 24.5 Å². The fraction of sp³-hybridized carbons (Fsp3) is 0.424. The predicted molar refractivity (Wildman–Crippen MR) is 180 cm³/mol. The Kier molecular flexibility index (Phi) is 9.84. The van der Waals surface area contributed by atoms with Crippen LogP contribution in [-0.4, -0.2) is 80.9 Å². The maximum absolute atomic E-state index is 14.7. The maximum Gasteiger partial charge on any atom is 0.251 e. The van der Waals surface area contributed by atoms with Gasteiger partial charge in [0.05, 0.1) is 35.8 Å². The number of aliphatic hydroxyl groups excluding tert-OH is 1. The Morgan fingerprint density at radius 2 is 1.68 bits per heavy atom. The number of hydrogen-bond donors (Lipinski definition) is 1. The van der Waals surface area contributed by atoms with Crippen molar-refractivity contribution in [2.75, 3.05) is 36.1 Å². The van der Waals surface area contributed by atoms with E-state index in [4.69, 9.17) is 16.3 Å². The summed E-state index contributed by atoms with van der Waals surface area (Å²) in [5.41, 5.74) is 1.29. The van der Waals surface area contributed by atoms with Gasteiger partial charge in [0.1, 0.15) is 11.8 Å². The van der Waals surface area contributed by atoms with Crippen LogP contribution in [0.25, 0.3) is 0 Å². The van der Waals surface area contributed by atoms with Gasteiger partial charge in [-0.15, -0.1) is 24.9 Å². The highest BCUT2D eigenvalue weighted by Gasteiger charge is 2.76. The van der Waals surface area contributed by atoms with Crippen molar-refractivity contribution >= 4 is 68.4 Å². The number of anilines is 2. The molecule has 7 atom stereocenters. The largest absolute Gasteiger partial charge is 0.494 e. The minimum atomic E-state index is -0.899. The summed E-state index contributed by atoms with van der Waals surface area (Å²) in [7, 11) is 0. The van der Waals surface area contributed by atoms with E-state index >= 15 is 0 Å². The summed E-state index contributed by atoms with van der Waals surface area (Å²) in [5, 5.41) is 10.6. The molecular formula is C33H37BrClN3O5S.